The second-order valence-corrected chi connectivity index (χ2v) is 4.77. The predicted molar refractivity (Wildman–Crippen MR) is 55.9 cm³/mol. The third kappa shape index (κ3) is 1.80. The van der Waals surface area contributed by atoms with Crippen LogP contribution in [0.5, 0.6) is 0 Å². The van der Waals surface area contributed by atoms with E-state index in [0.717, 1.165) is 12.8 Å². The highest BCUT2D eigenvalue weighted by Gasteiger charge is 2.49. The largest absolute Gasteiger partial charge is 0.481 e. The molecular formula is C11H17NO4. The number of piperidine rings is 1. The van der Waals surface area contributed by atoms with Gasteiger partial charge in [0.15, 0.2) is 0 Å². The van der Waals surface area contributed by atoms with Crippen molar-refractivity contribution in [3.8, 4) is 0 Å². The molecule has 2 unspecified atom stereocenters. The van der Waals surface area contributed by atoms with Crippen LogP contribution in [-0.2, 0) is 14.3 Å². The van der Waals surface area contributed by atoms with Gasteiger partial charge in [0.2, 0.25) is 5.91 Å². The number of carboxylic acids is 1. The summed E-state index contributed by atoms with van der Waals surface area (Å²) in [6, 6.07) is 0. The number of hydrogen-bond acceptors (Lipinski definition) is 3. The lowest BCUT2D eigenvalue weighted by atomic mass is 9.69. The Bertz CT molecular complexity index is 309. The van der Waals surface area contributed by atoms with Crippen molar-refractivity contribution in [3.63, 3.8) is 0 Å². The van der Waals surface area contributed by atoms with Crippen LogP contribution in [0, 0.1) is 11.3 Å². The Hall–Kier alpha value is -1.10. The van der Waals surface area contributed by atoms with Crippen LogP contribution in [-0.4, -0.2) is 48.2 Å². The molecule has 2 saturated heterocycles. The van der Waals surface area contributed by atoms with Crippen LogP contribution in [0.15, 0.2) is 0 Å². The fourth-order valence-corrected chi connectivity index (χ4v) is 2.76. The molecule has 0 aromatic carbocycles. The minimum absolute atomic E-state index is 0.0417. The number of nitrogens with zero attached hydrogens (tertiary/aromatic N) is 1. The van der Waals surface area contributed by atoms with E-state index in [1.54, 1.807) is 4.90 Å². The van der Waals surface area contributed by atoms with Gasteiger partial charge in [0.05, 0.1) is 12.5 Å². The third-order valence-corrected chi connectivity index (χ3v) is 3.90. The molecule has 0 aromatic heterocycles. The summed E-state index contributed by atoms with van der Waals surface area (Å²) < 4.78 is 5.35. The number of hydrogen-bond donors (Lipinski definition) is 1. The molecule has 2 aliphatic heterocycles. The summed E-state index contributed by atoms with van der Waals surface area (Å²) in [6.07, 6.45) is 1.54. The average Bonchev–Trinajstić information content (AvgIpc) is 2.67. The highest BCUT2D eigenvalue weighted by Crippen LogP contribution is 2.43. The molecule has 90 valence electrons. The highest BCUT2D eigenvalue weighted by molar-refractivity contribution is 5.76. The minimum atomic E-state index is -0.809. The Balaban J connectivity index is 2.17. The molecule has 1 spiro atoms. The van der Waals surface area contributed by atoms with Crippen molar-refractivity contribution in [3.05, 3.63) is 0 Å². The van der Waals surface area contributed by atoms with Crippen molar-refractivity contribution in [1.82, 2.24) is 4.90 Å². The lowest BCUT2D eigenvalue weighted by molar-refractivity contribution is -0.153. The number of ether oxygens (including phenoxy) is 1. The van der Waals surface area contributed by atoms with Gasteiger partial charge in [0.25, 0.3) is 0 Å². The molecule has 0 aliphatic carbocycles. The molecule has 5 heteroatoms. The standard InChI is InChI=1S/C11H17NO4/c1-8(13)12-4-2-11(3-5-16-7-11)9(6-12)10(14)15/h9H,2-7H2,1H3,(H,14,15). The van der Waals surface area contributed by atoms with Gasteiger partial charge >= 0.3 is 5.97 Å². The molecule has 1 amide bonds. The van der Waals surface area contributed by atoms with Gasteiger partial charge in [-0.3, -0.25) is 9.59 Å². The number of carbonyl (C=O) groups is 2. The van der Waals surface area contributed by atoms with E-state index in [2.05, 4.69) is 0 Å². The van der Waals surface area contributed by atoms with E-state index in [0.29, 0.717) is 26.3 Å². The summed E-state index contributed by atoms with van der Waals surface area (Å²) in [5.41, 5.74) is -0.238. The average molecular weight is 227 g/mol. The van der Waals surface area contributed by atoms with E-state index >= 15 is 0 Å². The molecule has 0 aromatic rings. The number of rotatable bonds is 1. The van der Waals surface area contributed by atoms with E-state index in [1.807, 2.05) is 0 Å². The topological polar surface area (TPSA) is 66.8 Å². The van der Waals surface area contributed by atoms with Gasteiger partial charge in [-0.25, -0.2) is 0 Å². The van der Waals surface area contributed by atoms with Crippen molar-refractivity contribution >= 4 is 11.9 Å². The number of likely N-dealkylation sites (tertiary alicyclic amines) is 1. The molecule has 0 saturated carbocycles. The van der Waals surface area contributed by atoms with Crippen molar-refractivity contribution in [1.29, 1.82) is 0 Å². The fraction of sp³-hybridized carbons (Fsp3) is 0.818. The maximum Gasteiger partial charge on any atom is 0.308 e. The van der Waals surface area contributed by atoms with Crippen LogP contribution in [0.3, 0.4) is 0 Å². The van der Waals surface area contributed by atoms with Gasteiger partial charge in [0, 0.05) is 32.0 Å². The summed E-state index contributed by atoms with van der Waals surface area (Å²) in [7, 11) is 0. The first-order valence-electron chi connectivity index (χ1n) is 5.61. The van der Waals surface area contributed by atoms with Crippen LogP contribution in [0.4, 0.5) is 0 Å². The van der Waals surface area contributed by atoms with Crippen LogP contribution in [0.25, 0.3) is 0 Å². The molecule has 2 rings (SSSR count). The van der Waals surface area contributed by atoms with Gasteiger partial charge in [-0.1, -0.05) is 0 Å². The SMILES string of the molecule is CC(=O)N1CCC2(CCOC2)C(C(=O)O)C1. The van der Waals surface area contributed by atoms with Crippen LogP contribution >= 0.6 is 0 Å². The summed E-state index contributed by atoms with van der Waals surface area (Å²) in [6.45, 7) is 3.64. The number of amides is 1. The molecule has 2 aliphatic rings. The molecular weight excluding hydrogens is 210 g/mol. The van der Waals surface area contributed by atoms with Crippen LogP contribution < -0.4 is 0 Å². The van der Waals surface area contributed by atoms with E-state index in [9.17, 15) is 14.7 Å². The summed E-state index contributed by atoms with van der Waals surface area (Å²) in [5.74, 6) is -1.33. The Kier molecular flexibility index (Phi) is 2.88. The van der Waals surface area contributed by atoms with E-state index < -0.39 is 11.9 Å². The maximum atomic E-state index is 11.3. The maximum absolute atomic E-state index is 11.3. The first-order valence-corrected chi connectivity index (χ1v) is 5.61. The van der Waals surface area contributed by atoms with Gasteiger partial charge < -0.3 is 14.7 Å². The minimum Gasteiger partial charge on any atom is -0.481 e. The molecule has 1 N–H and O–H groups in total. The van der Waals surface area contributed by atoms with Crippen LogP contribution in [0.2, 0.25) is 0 Å². The van der Waals surface area contributed by atoms with Gasteiger partial charge in [0.1, 0.15) is 0 Å². The summed E-state index contributed by atoms with van der Waals surface area (Å²) in [5, 5.41) is 9.27. The number of aliphatic carboxylic acids is 1. The molecule has 0 bridgehead atoms. The third-order valence-electron chi connectivity index (χ3n) is 3.90. The zero-order valence-electron chi connectivity index (χ0n) is 9.44. The van der Waals surface area contributed by atoms with Gasteiger partial charge in [-0.05, 0) is 12.8 Å². The zero-order valence-corrected chi connectivity index (χ0v) is 9.44. The zero-order chi connectivity index (χ0) is 11.8. The quantitative estimate of drug-likeness (QED) is 0.701. The Morgan fingerprint density at radius 1 is 1.44 bits per heavy atom. The predicted octanol–water partition coefficient (Wildman–Crippen LogP) is 0.346. The van der Waals surface area contributed by atoms with E-state index in [1.165, 1.54) is 6.92 Å². The van der Waals surface area contributed by atoms with Crippen molar-refractivity contribution < 1.29 is 19.4 Å². The van der Waals surface area contributed by atoms with E-state index in [4.69, 9.17) is 4.74 Å². The molecule has 2 heterocycles. The molecule has 2 fully saturated rings. The second kappa shape index (κ2) is 4.05. The smallest absolute Gasteiger partial charge is 0.308 e. The van der Waals surface area contributed by atoms with Crippen LogP contribution in [0.1, 0.15) is 19.8 Å². The van der Waals surface area contributed by atoms with Gasteiger partial charge in [-0.2, -0.15) is 0 Å². The Morgan fingerprint density at radius 3 is 2.69 bits per heavy atom. The fourth-order valence-electron chi connectivity index (χ4n) is 2.76. The number of carbonyl (C=O) groups excluding carboxylic acids is 1. The molecule has 0 radical (unpaired) electrons. The summed E-state index contributed by atoms with van der Waals surface area (Å²) >= 11 is 0. The second-order valence-electron chi connectivity index (χ2n) is 4.77. The van der Waals surface area contributed by atoms with Crippen molar-refractivity contribution in [2.45, 2.75) is 19.8 Å². The summed E-state index contributed by atoms with van der Waals surface area (Å²) in [4.78, 5) is 24.2. The first kappa shape index (κ1) is 11.4. The van der Waals surface area contributed by atoms with E-state index in [-0.39, 0.29) is 11.3 Å². The Morgan fingerprint density at radius 2 is 2.19 bits per heavy atom. The lowest BCUT2D eigenvalue weighted by Crippen LogP contribution is -2.52. The normalized spacial score (nSPS) is 34.3. The van der Waals surface area contributed by atoms with Crippen molar-refractivity contribution in [2.24, 2.45) is 11.3 Å². The van der Waals surface area contributed by atoms with Gasteiger partial charge in [-0.15, -0.1) is 0 Å². The molecule has 2 atom stereocenters. The molecule has 5 nitrogen and oxygen atoms in total. The monoisotopic (exact) mass is 227 g/mol. The molecule has 16 heavy (non-hydrogen) atoms. The Labute approximate surface area is 94.4 Å². The lowest BCUT2D eigenvalue weighted by Gasteiger charge is -2.42. The van der Waals surface area contributed by atoms with Crippen molar-refractivity contribution in [2.75, 3.05) is 26.3 Å². The highest BCUT2D eigenvalue weighted by atomic mass is 16.5. The number of carboxylic acid groups (broad SMARTS) is 1. The first-order chi connectivity index (χ1) is 7.55.